The molecule has 1 amide bonds. The summed E-state index contributed by atoms with van der Waals surface area (Å²) in [6.07, 6.45) is 6.59. The molecule has 0 aliphatic carbocycles. The standard InChI is InChI=1S/C14H29N2O2/c1-5-6-7-8-9-14(18)15(2)10-11-16(3,4)12-13-17/h6-7,17H,5,8-13H2,1-4H3/q+1/b7-6+. The van der Waals surface area contributed by atoms with Crippen molar-refractivity contribution in [2.75, 3.05) is 47.4 Å². The molecule has 0 radical (unpaired) electrons. The molecule has 1 N–H and O–H groups in total. The number of allylic oxidation sites excluding steroid dienone is 2. The van der Waals surface area contributed by atoms with E-state index in [9.17, 15) is 4.79 Å². The van der Waals surface area contributed by atoms with E-state index in [1.807, 2.05) is 7.05 Å². The summed E-state index contributed by atoms with van der Waals surface area (Å²) < 4.78 is 0.740. The van der Waals surface area contributed by atoms with Gasteiger partial charge in [0.1, 0.15) is 6.54 Å². The molecule has 0 aromatic rings. The van der Waals surface area contributed by atoms with Gasteiger partial charge in [0.25, 0.3) is 0 Å². The van der Waals surface area contributed by atoms with E-state index in [-0.39, 0.29) is 12.5 Å². The average molecular weight is 257 g/mol. The number of aliphatic hydroxyl groups excluding tert-OH is 1. The first-order valence-corrected chi connectivity index (χ1v) is 6.74. The van der Waals surface area contributed by atoms with E-state index >= 15 is 0 Å². The maximum atomic E-state index is 11.8. The summed E-state index contributed by atoms with van der Waals surface area (Å²) in [5.41, 5.74) is 0. The fourth-order valence-corrected chi connectivity index (χ4v) is 1.61. The Balaban J connectivity index is 3.90. The highest BCUT2D eigenvalue weighted by atomic mass is 16.3. The number of rotatable bonds is 9. The molecule has 0 aromatic heterocycles. The molecule has 0 rings (SSSR count). The molecule has 0 saturated heterocycles. The number of carbonyl (C=O) groups is 1. The molecule has 0 saturated carbocycles. The SMILES string of the molecule is CC/C=C/CCC(=O)N(C)CC[N+](C)(C)CCO. The zero-order valence-electron chi connectivity index (χ0n) is 12.4. The highest BCUT2D eigenvalue weighted by Crippen LogP contribution is 2.01. The molecule has 106 valence electrons. The summed E-state index contributed by atoms with van der Waals surface area (Å²) in [5, 5.41) is 8.94. The van der Waals surface area contributed by atoms with Crippen molar-refractivity contribution >= 4 is 5.91 Å². The fourth-order valence-electron chi connectivity index (χ4n) is 1.61. The molecule has 0 heterocycles. The highest BCUT2D eigenvalue weighted by molar-refractivity contribution is 5.75. The second-order valence-electron chi connectivity index (χ2n) is 5.34. The van der Waals surface area contributed by atoms with Gasteiger partial charge in [-0.25, -0.2) is 0 Å². The second kappa shape index (κ2) is 9.11. The van der Waals surface area contributed by atoms with Crippen molar-refractivity contribution in [2.45, 2.75) is 26.2 Å². The van der Waals surface area contributed by atoms with Crippen LogP contribution in [0.3, 0.4) is 0 Å². The van der Waals surface area contributed by atoms with Crippen LogP contribution in [0, 0.1) is 0 Å². The van der Waals surface area contributed by atoms with Crippen LogP contribution in [-0.2, 0) is 4.79 Å². The van der Waals surface area contributed by atoms with Gasteiger partial charge in [-0.1, -0.05) is 19.1 Å². The van der Waals surface area contributed by atoms with Gasteiger partial charge in [0, 0.05) is 13.5 Å². The Labute approximate surface area is 111 Å². The van der Waals surface area contributed by atoms with E-state index in [0.29, 0.717) is 6.42 Å². The maximum Gasteiger partial charge on any atom is 0.222 e. The summed E-state index contributed by atoms with van der Waals surface area (Å²) in [7, 11) is 5.99. The number of hydrogen-bond donors (Lipinski definition) is 1. The first-order chi connectivity index (χ1) is 8.43. The van der Waals surface area contributed by atoms with E-state index in [2.05, 4.69) is 33.2 Å². The predicted octanol–water partition coefficient (Wildman–Crippen LogP) is 1.26. The van der Waals surface area contributed by atoms with Crippen LogP contribution in [0.2, 0.25) is 0 Å². The van der Waals surface area contributed by atoms with Gasteiger partial charge in [-0.15, -0.1) is 0 Å². The van der Waals surface area contributed by atoms with Gasteiger partial charge in [0.05, 0.1) is 33.8 Å². The zero-order valence-corrected chi connectivity index (χ0v) is 12.4. The summed E-state index contributed by atoms with van der Waals surface area (Å²) in [6.45, 7) is 4.61. The Hall–Kier alpha value is -0.870. The van der Waals surface area contributed by atoms with Crippen molar-refractivity contribution in [2.24, 2.45) is 0 Å². The summed E-state index contributed by atoms with van der Waals surface area (Å²) in [6, 6.07) is 0. The molecule has 0 aliphatic rings. The molecule has 18 heavy (non-hydrogen) atoms. The average Bonchev–Trinajstić information content (AvgIpc) is 2.31. The topological polar surface area (TPSA) is 40.5 Å². The second-order valence-corrected chi connectivity index (χ2v) is 5.34. The third-order valence-electron chi connectivity index (χ3n) is 3.10. The molecule has 0 unspecified atom stereocenters. The molecule has 0 atom stereocenters. The van der Waals surface area contributed by atoms with Gasteiger partial charge in [-0.2, -0.15) is 0 Å². The highest BCUT2D eigenvalue weighted by Gasteiger charge is 2.16. The quantitative estimate of drug-likeness (QED) is 0.499. The van der Waals surface area contributed by atoms with Gasteiger partial charge in [-0.05, 0) is 12.8 Å². The minimum absolute atomic E-state index is 0.187. The van der Waals surface area contributed by atoms with Crippen LogP contribution in [0.15, 0.2) is 12.2 Å². The van der Waals surface area contributed by atoms with Gasteiger partial charge in [0.15, 0.2) is 0 Å². The van der Waals surface area contributed by atoms with Gasteiger partial charge >= 0.3 is 0 Å². The minimum Gasteiger partial charge on any atom is -0.391 e. The molecular weight excluding hydrogens is 228 g/mol. The van der Waals surface area contributed by atoms with Crippen molar-refractivity contribution in [1.82, 2.24) is 4.90 Å². The predicted molar refractivity (Wildman–Crippen MR) is 75.2 cm³/mol. The van der Waals surface area contributed by atoms with Crippen molar-refractivity contribution in [3.63, 3.8) is 0 Å². The number of aliphatic hydroxyl groups is 1. The lowest BCUT2D eigenvalue weighted by Crippen LogP contribution is -2.47. The Kier molecular flexibility index (Phi) is 8.67. The van der Waals surface area contributed by atoms with Crippen LogP contribution in [0.5, 0.6) is 0 Å². The molecule has 0 aromatic carbocycles. The minimum atomic E-state index is 0.187. The smallest absolute Gasteiger partial charge is 0.222 e. The van der Waals surface area contributed by atoms with Crippen molar-refractivity contribution < 1.29 is 14.4 Å². The van der Waals surface area contributed by atoms with Gasteiger partial charge < -0.3 is 14.5 Å². The lowest BCUT2D eigenvalue weighted by atomic mass is 10.2. The molecule has 0 bridgehead atoms. The van der Waals surface area contributed by atoms with E-state index in [0.717, 1.165) is 37.0 Å². The Morgan fingerprint density at radius 3 is 2.50 bits per heavy atom. The van der Waals surface area contributed by atoms with Crippen molar-refractivity contribution in [3.8, 4) is 0 Å². The van der Waals surface area contributed by atoms with Crippen LogP contribution in [0.25, 0.3) is 0 Å². The lowest BCUT2D eigenvalue weighted by Gasteiger charge is -2.31. The van der Waals surface area contributed by atoms with Gasteiger partial charge in [0.2, 0.25) is 5.91 Å². The van der Waals surface area contributed by atoms with Crippen LogP contribution in [0.1, 0.15) is 26.2 Å². The van der Waals surface area contributed by atoms with Gasteiger partial charge in [-0.3, -0.25) is 4.79 Å². The Bertz CT molecular complexity index is 263. The van der Waals surface area contributed by atoms with Crippen LogP contribution < -0.4 is 0 Å². The summed E-state index contributed by atoms with van der Waals surface area (Å²) >= 11 is 0. The Morgan fingerprint density at radius 1 is 1.28 bits per heavy atom. The number of quaternary nitrogens is 1. The Morgan fingerprint density at radius 2 is 1.94 bits per heavy atom. The largest absolute Gasteiger partial charge is 0.391 e. The van der Waals surface area contributed by atoms with E-state index in [1.54, 1.807) is 4.90 Å². The molecular formula is C14H29N2O2+. The third kappa shape index (κ3) is 8.25. The monoisotopic (exact) mass is 257 g/mol. The van der Waals surface area contributed by atoms with Crippen molar-refractivity contribution in [3.05, 3.63) is 12.2 Å². The first kappa shape index (κ1) is 17.1. The molecule has 4 nitrogen and oxygen atoms in total. The maximum absolute atomic E-state index is 11.8. The van der Waals surface area contributed by atoms with E-state index in [1.165, 1.54) is 0 Å². The number of hydrogen-bond acceptors (Lipinski definition) is 2. The van der Waals surface area contributed by atoms with E-state index in [4.69, 9.17) is 5.11 Å². The lowest BCUT2D eigenvalue weighted by molar-refractivity contribution is -0.890. The molecule has 0 aliphatic heterocycles. The molecule has 0 fully saturated rings. The number of carbonyl (C=O) groups excluding carboxylic acids is 1. The zero-order chi connectivity index (χ0) is 14.0. The first-order valence-electron chi connectivity index (χ1n) is 6.74. The summed E-state index contributed by atoms with van der Waals surface area (Å²) in [4.78, 5) is 13.6. The fraction of sp³-hybridized carbons (Fsp3) is 0.786. The van der Waals surface area contributed by atoms with Crippen LogP contribution in [-0.4, -0.2) is 67.8 Å². The van der Waals surface area contributed by atoms with Crippen molar-refractivity contribution in [1.29, 1.82) is 0 Å². The number of amides is 1. The van der Waals surface area contributed by atoms with Crippen LogP contribution in [0.4, 0.5) is 0 Å². The molecule has 0 spiro atoms. The summed E-state index contributed by atoms with van der Waals surface area (Å²) in [5.74, 6) is 0.194. The number of likely N-dealkylation sites (N-methyl/N-ethyl adjacent to an activating group) is 2. The molecule has 4 heteroatoms. The third-order valence-corrected chi connectivity index (χ3v) is 3.10. The van der Waals surface area contributed by atoms with E-state index < -0.39 is 0 Å². The van der Waals surface area contributed by atoms with Crippen LogP contribution >= 0.6 is 0 Å². The normalized spacial score (nSPS) is 12.1. The number of nitrogens with zero attached hydrogens (tertiary/aromatic N) is 2.